The second kappa shape index (κ2) is 4.06. The molecule has 1 unspecified atom stereocenters. The summed E-state index contributed by atoms with van der Waals surface area (Å²) in [5.41, 5.74) is 1.30. The number of aliphatic hydroxyl groups is 1. The average Bonchev–Trinajstić information content (AvgIpc) is 3.19. The summed E-state index contributed by atoms with van der Waals surface area (Å²) in [5, 5.41) is 9.91. The highest BCUT2D eigenvalue weighted by molar-refractivity contribution is 5.17. The van der Waals surface area contributed by atoms with Gasteiger partial charge in [0.1, 0.15) is 0 Å². The van der Waals surface area contributed by atoms with Crippen LogP contribution in [-0.4, -0.2) is 35.1 Å². The number of ether oxygens (including phenoxy) is 2. The monoisotopic (exact) mass is 252 g/mol. The third kappa shape index (κ3) is 2.02. The minimum Gasteiger partial charge on any atom is -0.393 e. The molecule has 3 rings (SSSR count). The van der Waals surface area contributed by atoms with Gasteiger partial charge in [0.25, 0.3) is 0 Å². The van der Waals surface area contributed by atoms with Crippen molar-refractivity contribution in [1.82, 2.24) is 0 Å². The van der Waals surface area contributed by atoms with Gasteiger partial charge in [-0.15, -0.1) is 0 Å². The lowest BCUT2D eigenvalue weighted by Crippen LogP contribution is -2.43. The Kier molecular flexibility index (Phi) is 2.85. The predicted molar refractivity (Wildman–Crippen MR) is 69.4 cm³/mol. The molecule has 18 heavy (non-hydrogen) atoms. The molecule has 3 heteroatoms. The molecule has 0 amide bonds. The largest absolute Gasteiger partial charge is 0.393 e. The number of allylic oxidation sites excluding steroid dienone is 1. The number of hydrogen-bond donors (Lipinski definition) is 1. The Bertz CT molecular complexity index is 368. The van der Waals surface area contributed by atoms with Gasteiger partial charge in [-0.2, -0.15) is 0 Å². The second-order valence-corrected chi connectivity index (χ2v) is 6.64. The molecule has 0 aromatic carbocycles. The highest BCUT2D eigenvalue weighted by Crippen LogP contribution is 2.58. The van der Waals surface area contributed by atoms with Gasteiger partial charge >= 0.3 is 0 Å². The lowest BCUT2D eigenvalue weighted by molar-refractivity contribution is 0.0145. The van der Waals surface area contributed by atoms with Crippen LogP contribution < -0.4 is 0 Å². The van der Waals surface area contributed by atoms with E-state index in [1.807, 2.05) is 0 Å². The predicted octanol–water partition coefficient (Wildman–Crippen LogP) is 2.43. The van der Waals surface area contributed by atoms with Crippen molar-refractivity contribution in [2.45, 2.75) is 69.9 Å². The SMILES string of the molecule is CC(C)=CC[C@H]1OC1(C)[C@H]1C[C@H](O)CC[C@]12CO2. The fourth-order valence-corrected chi connectivity index (χ4v) is 3.59. The van der Waals surface area contributed by atoms with Gasteiger partial charge in [-0.25, -0.2) is 0 Å². The molecule has 0 radical (unpaired) electrons. The molecule has 0 bridgehead atoms. The first-order valence-corrected chi connectivity index (χ1v) is 7.09. The van der Waals surface area contributed by atoms with Crippen LogP contribution in [0.3, 0.4) is 0 Å². The van der Waals surface area contributed by atoms with Crippen LogP contribution in [0.15, 0.2) is 11.6 Å². The summed E-state index contributed by atoms with van der Waals surface area (Å²) in [7, 11) is 0. The van der Waals surface area contributed by atoms with Crippen molar-refractivity contribution < 1.29 is 14.6 Å². The smallest absolute Gasteiger partial charge is 0.0980 e. The van der Waals surface area contributed by atoms with Crippen molar-refractivity contribution in [2.24, 2.45) is 5.92 Å². The molecule has 1 N–H and O–H groups in total. The van der Waals surface area contributed by atoms with Crippen LogP contribution in [0.4, 0.5) is 0 Å². The van der Waals surface area contributed by atoms with Crippen molar-refractivity contribution in [3.05, 3.63) is 11.6 Å². The Morgan fingerprint density at radius 2 is 2.17 bits per heavy atom. The van der Waals surface area contributed by atoms with Gasteiger partial charge in [0.2, 0.25) is 0 Å². The number of rotatable bonds is 3. The minimum absolute atomic E-state index is 0.0354. The van der Waals surface area contributed by atoms with E-state index in [0.29, 0.717) is 12.0 Å². The molecule has 2 saturated heterocycles. The van der Waals surface area contributed by atoms with Gasteiger partial charge in [-0.3, -0.25) is 0 Å². The lowest BCUT2D eigenvalue weighted by Gasteiger charge is -2.35. The van der Waals surface area contributed by atoms with E-state index in [0.717, 1.165) is 32.3 Å². The standard InChI is InChI=1S/C15H24O3/c1-10(2)4-5-13-14(3,18-13)12-8-11(16)6-7-15(12)9-17-15/h4,11-13,16H,5-9H2,1-3H3/t11-,12-,13-,14?,15+/m1/s1. The van der Waals surface area contributed by atoms with Gasteiger partial charge in [0, 0.05) is 5.92 Å². The van der Waals surface area contributed by atoms with Gasteiger partial charge < -0.3 is 14.6 Å². The van der Waals surface area contributed by atoms with E-state index in [9.17, 15) is 5.11 Å². The maximum Gasteiger partial charge on any atom is 0.0980 e. The van der Waals surface area contributed by atoms with Crippen LogP contribution in [0.25, 0.3) is 0 Å². The Morgan fingerprint density at radius 1 is 1.44 bits per heavy atom. The molecule has 1 aliphatic carbocycles. The first kappa shape index (κ1) is 12.6. The maximum atomic E-state index is 9.91. The van der Waals surface area contributed by atoms with Crippen LogP contribution in [0.5, 0.6) is 0 Å². The molecule has 2 heterocycles. The highest BCUT2D eigenvalue weighted by atomic mass is 16.6. The molecule has 1 saturated carbocycles. The normalized spacial score (nSPS) is 50.1. The van der Waals surface area contributed by atoms with E-state index < -0.39 is 0 Å². The van der Waals surface area contributed by atoms with E-state index in [1.165, 1.54) is 5.57 Å². The third-order valence-corrected chi connectivity index (χ3v) is 4.97. The zero-order valence-corrected chi connectivity index (χ0v) is 11.6. The molecule has 3 nitrogen and oxygen atoms in total. The molecule has 3 aliphatic rings. The second-order valence-electron chi connectivity index (χ2n) is 6.64. The molecule has 0 aromatic heterocycles. The fraction of sp³-hybridized carbons (Fsp3) is 0.867. The fourth-order valence-electron chi connectivity index (χ4n) is 3.59. The quantitative estimate of drug-likeness (QED) is 0.620. The molecule has 2 aliphatic heterocycles. The van der Waals surface area contributed by atoms with Crippen molar-refractivity contribution >= 4 is 0 Å². The van der Waals surface area contributed by atoms with Crippen molar-refractivity contribution in [2.75, 3.05) is 6.61 Å². The van der Waals surface area contributed by atoms with E-state index in [4.69, 9.17) is 9.47 Å². The Hall–Kier alpha value is -0.380. The first-order chi connectivity index (χ1) is 8.46. The minimum atomic E-state index is -0.171. The highest BCUT2D eigenvalue weighted by Gasteiger charge is 2.68. The van der Waals surface area contributed by atoms with Gasteiger partial charge in [0.05, 0.1) is 30.0 Å². The summed E-state index contributed by atoms with van der Waals surface area (Å²) in [5.74, 6) is 0.365. The average molecular weight is 252 g/mol. The first-order valence-electron chi connectivity index (χ1n) is 7.09. The maximum absolute atomic E-state index is 9.91. The molecule has 3 fully saturated rings. The summed E-state index contributed by atoms with van der Waals surface area (Å²) in [4.78, 5) is 0. The molecular weight excluding hydrogens is 228 g/mol. The zero-order valence-electron chi connectivity index (χ0n) is 11.6. The van der Waals surface area contributed by atoms with Crippen LogP contribution in [0.2, 0.25) is 0 Å². The molecular formula is C15H24O3. The van der Waals surface area contributed by atoms with Gasteiger partial charge in [-0.05, 0) is 46.5 Å². The summed E-state index contributed by atoms with van der Waals surface area (Å²) >= 11 is 0. The number of epoxide rings is 2. The Labute approximate surface area is 109 Å². The molecule has 102 valence electrons. The molecule has 1 spiro atoms. The summed E-state index contributed by atoms with van der Waals surface area (Å²) < 4.78 is 11.7. The summed E-state index contributed by atoms with van der Waals surface area (Å²) in [6, 6.07) is 0. The summed E-state index contributed by atoms with van der Waals surface area (Å²) in [6.07, 6.45) is 6.08. The van der Waals surface area contributed by atoms with Crippen LogP contribution >= 0.6 is 0 Å². The molecule has 0 aromatic rings. The van der Waals surface area contributed by atoms with E-state index in [1.54, 1.807) is 0 Å². The van der Waals surface area contributed by atoms with Gasteiger partial charge in [-0.1, -0.05) is 11.6 Å². The summed E-state index contributed by atoms with van der Waals surface area (Å²) in [6.45, 7) is 7.30. The van der Waals surface area contributed by atoms with Crippen molar-refractivity contribution in [3.63, 3.8) is 0 Å². The third-order valence-electron chi connectivity index (χ3n) is 4.97. The lowest BCUT2D eigenvalue weighted by atomic mass is 9.70. The van der Waals surface area contributed by atoms with E-state index >= 15 is 0 Å². The van der Waals surface area contributed by atoms with E-state index in [2.05, 4.69) is 26.8 Å². The van der Waals surface area contributed by atoms with E-state index in [-0.39, 0.29) is 17.3 Å². The van der Waals surface area contributed by atoms with Crippen LogP contribution in [-0.2, 0) is 9.47 Å². The Balaban J connectivity index is 1.69. The molecule has 5 atom stereocenters. The number of hydrogen-bond acceptors (Lipinski definition) is 3. The van der Waals surface area contributed by atoms with Crippen molar-refractivity contribution in [3.8, 4) is 0 Å². The van der Waals surface area contributed by atoms with Crippen molar-refractivity contribution in [1.29, 1.82) is 0 Å². The van der Waals surface area contributed by atoms with Gasteiger partial charge in [0.15, 0.2) is 0 Å². The van der Waals surface area contributed by atoms with Crippen LogP contribution in [0.1, 0.15) is 46.5 Å². The number of aliphatic hydroxyl groups excluding tert-OH is 1. The topological polar surface area (TPSA) is 45.3 Å². The van der Waals surface area contributed by atoms with Crippen LogP contribution in [0, 0.1) is 5.92 Å². The Morgan fingerprint density at radius 3 is 2.78 bits per heavy atom. The zero-order chi connectivity index (χ0) is 13.0.